The zero-order chi connectivity index (χ0) is 16.5. The van der Waals surface area contributed by atoms with Crippen molar-refractivity contribution in [3.05, 3.63) is 29.8 Å². The molecule has 0 aliphatic carbocycles. The molecule has 0 aliphatic heterocycles. The molecule has 1 aromatic rings. The molecule has 1 atom stereocenters. The van der Waals surface area contributed by atoms with Gasteiger partial charge in [-0.15, -0.1) is 0 Å². The Morgan fingerprint density at radius 2 is 1.95 bits per heavy atom. The summed E-state index contributed by atoms with van der Waals surface area (Å²) < 4.78 is 5.48. The first-order valence-corrected chi connectivity index (χ1v) is 7.73. The van der Waals surface area contributed by atoms with Crippen LogP contribution in [0, 0.1) is 0 Å². The molecule has 0 heterocycles. The fourth-order valence-electron chi connectivity index (χ4n) is 1.86. The van der Waals surface area contributed by atoms with Gasteiger partial charge in [0.2, 0.25) is 5.91 Å². The SMILES string of the molecule is CCCNC(=O)C(C)NC(=O)COc1cccc(C(C)C)c1. The van der Waals surface area contributed by atoms with Crippen molar-refractivity contribution < 1.29 is 14.3 Å². The molecule has 1 rings (SSSR count). The van der Waals surface area contributed by atoms with Crippen molar-refractivity contribution in [1.29, 1.82) is 0 Å². The van der Waals surface area contributed by atoms with Gasteiger partial charge in [-0.2, -0.15) is 0 Å². The zero-order valence-corrected chi connectivity index (χ0v) is 13.8. The van der Waals surface area contributed by atoms with Crippen molar-refractivity contribution in [3.8, 4) is 5.75 Å². The topological polar surface area (TPSA) is 67.4 Å². The molecule has 22 heavy (non-hydrogen) atoms. The summed E-state index contributed by atoms with van der Waals surface area (Å²) in [5, 5.41) is 5.36. The Kier molecular flexibility index (Phi) is 7.43. The highest BCUT2D eigenvalue weighted by Gasteiger charge is 2.15. The first-order valence-electron chi connectivity index (χ1n) is 7.73. The summed E-state index contributed by atoms with van der Waals surface area (Å²) in [6.07, 6.45) is 0.863. The van der Waals surface area contributed by atoms with E-state index in [0.717, 1.165) is 12.0 Å². The molecule has 0 saturated heterocycles. The second-order valence-electron chi connectivity index (χ2n) is 5.60. The molecule has 2 N–H and O–H groups in total. The van der Waals surface area contributed by atoms with E-state index in [-0.39, 0.29) is 18.4 Å². The maximum Gasteiger partial charge on any atom is 0.258 e. The second kappa shape index (κ2) is 9.07. The van der Waals surface area contributed by atoms with Crippen molar-refractivity contribution >= 4 is 11.8 Å². The number of ether oxygens (including phenoxy) is 1. The van der Waals surface area contributed by atoms with E-state index in [2.05, 4.69) is 24.5 Å². The molecule has 1 aromatic carbocycles. The van der Waals surface area contributed by atoms with Crippen LogP contribution in [0.5, 0.6) is 5.75 Å². The van der Waals surface area contributed by atoms with Crippen LogP contribution in [-0.2, 0) is 9.59 Å². The lowest BCUT2D eigenvalue weighted by molar-refractivity contribution is -0.129. The molecule has 0 bridgehead atoms. The van der Waals surface area contributed by atoms with Gasteiger partial charge in [0, 0.05) is 6.54 Å². The number of benzene rings is 1. The molecule has 0 radical (unpaired) electrons. The lowest BCUT2D eigenvalue weighted by Crippen LogP contribution is -2.46. The van der Waals surface area contributed by atoms with E-state index in [0.29, 0.717) is 18.2 Å². The maximum absolute atomic E-state index is 11.8. The molecule has 5 heteroatoms. The molecule has 2 amide bonds. The Labute approximate surface area is 132 Å². The Morgan fingerprint density at radius 1 is 1.23 bits per heavy atom. The maximum atomic E-state index is 11.8. The molecular weight excluding hydrogens is 280 g/mol. The van der Waals surface area contributed by atoms with Crippen molar-refractivity contribution in [1.82, 2.24) is 10.6 Å². The van der Waals surface area contributed by atoms with Gasteiger partial charge in [-0.3, -0.25) is 9.59 Å². The molecule has 1 unspecified atom stereocenters. The van der Waals surface area contributed by atoms with Gasteiger partial charge in [-0.05, 0) is 37.0 Å². The van der Waals surface area contributed by atoms with Crippen LogP contribution in [0.15, 0.2) is 24.3 Å². The Bertz CT molecular complexity index is 500. The van der Waals surface area contributed by atoms with E-state index in [1.807, 2.05) is 31.2 Å². The summed E-state index contributed by atoms with van der Waals surface area (Å²) in [5.74, 6) is 0.565. The van der Waals surface area contributed by atoms with Crippen LogP contribution < -0.4 is 15.4 Å². The van der Waals surface area contributed by atoms with E-state index in [1.54, 1.807) is 6.92 Å². The molecule has 5 nitrogen and oxygen atoms in total. The molecule has 0 aliphatic rings. The van der Waals surface area contributed by atoms with E-state index < -0.39 is 6.04 Å². The third kappa shape index (κ3) is 6.16. The van der Waals surface area contributed by atoms with Crippen LogP contribution in [0.3, 0.4) is 0 Å². The highest BCUT2D eigenvalue weighted by atomic mass is 16.5. The van der Waals surface area contributed by atoms with Crippen LogP contribution in [0.1, 0.15) is 45.6 Å². The number of rotatable bonds is 8. The highest BCUT2D eigenvalue weighted by molar-refractivity contribution is 5.87. The summed E-state index contributed by atoms with van der Waals surface area (Å²) in [6, 6.07) is 7.11. The van der Waals surface area contributed by atoms with E-state index in [1.165, 1.54) is 0 Å². The fourth-order valence-corrected chi connectivity index (χ4v) is 1.86. The smallest absolute Gasteiger partial charge is 0.258 e. The van der Waals surface area contributed by atoms with Crippen molar-refractivity contribution in [3.63, 3.8) is 0 Å². The minimum atomic E-state index is -0.565. The largest absolute Gasteiger partial charge is 0.484 e. The van der Waals surface area contributed by atoms with Gasteiger partial charge in [-0.25, -0.2) is 0 Å². The molecule has 122 valence electrons. The number of hydrogen-bond acceptors (Lipinski definition) is 3. The predicted octanol–water partition coefficient (Wildman–Crippen LogP) is 2.22. The quantitative estimate of drug-likeness (QED) is 0.774. The Hall–Kier alpha value is -2.04. The van der Waals surface area contributed by atoms with Crippen LogP contribution in [0.25, 0.3) is 0 Å². The summed E-state index contributed by atoms with van der Waals surface area (Å²) in [6.45, 7) is 8.33. The molecular formula is C17H26N2O3. The monoisotopic (exact) mass is 306 g/mol. The van der Waals surface area contributed by atoms with E-state index >= 15 is 0 Å². The first-order chi connectivity index (χ1) is 10.4. The Balaban J connectivity index is 2.42. The lowest BCUT2D eigenvalue weighted by atomic mass is 10.0. The van der Waals surface area contributed by atoms with Crippen molar-refractivity contribution in [2.24, 2.45) is 0 Å². The van der Waals surface area contributed by atoms with Gasteiger partial charge >= 0.3 is 0 Å². The fraction of sp³-hybridized carbons (Fsp3) is 0.529. The Morgan fingerprint density at radius 3 is 2.59 bits per heavy atom. The average molecular weight is 306 g/mol. The molecule has 0 spiro atoms. The number of hydrogen-bond donors (Lipinski definition) is 2. The average Bonchev–Trinajstić information content (AvgIpc) is 2.50. The summed E-state index contributed by atoms with van der Waals surface area (Å²) in [7, 11) is 0. The van der Waals surface area contributed by atoms with Gasteiger partial charge in [0.1, 0.15) is 11.8 Å². The van der Waals surface area contributed by atoms with E-state index in [4.69, 9.17) is 4.74 Å². The normalized spacial score (nSPS) is 11.9. The molecule has 0 fully saturated rings. The van der Waals surface area contributed by atoms with E-state index in [9.17, 15) is 9.59 Å². The highest BCUT2D eigenvalue weighted by Crippen LogP contribution is 2.19. The lowest BCUT2D eigenvalue weighted by Gasteiger charge is -2.14. The van der Waals surface area contributed by atoms with Crippen LogP contribution in [0.4, 0.5) is 0 Å². The van der Waals surface area contributed by atoms with Gasteiger partial charge in [0.05, 0.1) is 0 Å². The number of carbonyl (C=O) groups is 2. The summed E-state index contributed by atoms with van der Waals surface area (Å²) >= 11 is 0. The van der Waals surface area contributed by atoms with Crippen LogP contribution in [-0.4, -0.2) is 31.0 Å². The van der Waals surface area contributed by atoms with Gasteiger partial charge in [0.15, 0.2) is 6.61 Å². The van der Waals surface area contributed by atoms with Gasteiger partial charge < -0.3 is 15.4 Å². The minimum absolute atomic E-state index is 0.104. The molecule has 0 aromatic heterocycles. The van der Waals surface area contributed by atoms with Gasteiger partial charge in [-0.1, -0.05) is 32.9 Å². The summed E-state index contributed by atoms with van der Waals surface area (Å²) in [4.78, 5) is 23.5. The van der Waals surface area contributed by atoms with Crippen molar-refractivity contribution in [2.45, 2.75) is 46.1 Å². The number of carbonyl (C=O) groups excluding carboxylic acids is 2. The third-order valence-electron chi connectivity index (χ3n) is 3.21. The summed E-state index contributed by atoms with van der Waals surface area (Å²) in [5.41, 5.74) is 1.16. The van der Waals surface area contributed by atoms with Crippen LogP contribution in [0.2, 0.25) is 0 Å². The third-order valence-corrected chi connectivity index (χ3v) is 3.21. The second-order valence-corrected chi connectivity index (χ2v) is 5.60. The number of amides is 2. The standard InChI is InChI=1S/C17H26N2O3/c1-5-9-18-17(21)13(4)19-16(20)11-22-15-8-6-7-14(10-15)12(2)3/h6-8,10,12-13H,5,9,11H2,1-4H3,(H,18,21)(H,19,20). The number of nitrogens with one attached hydrogen (secondary N) is 2. The predicted molar refractivity (Wildman–Crippen MR) is 86.9 cm³/mol. The molecule has 0 saturated carbocycles. The first kappa shape index (κ1) is 18.0. The van der Waals surface area contributed by atoms with Crippen molar-refractivity contribution in [2.75, 3.05) is 13.2 Å². The zero-order valence-electron chi connectivity index (χ0n) is 13.8. The van der Waals surface area contributed by atoms with Crippen LogP contribution >= 0.6 is 0 Å². The van der Waals surface area contributed by atoms with Gasteiger partial charge in [0.25, 0.3) is 5.91 Å². The minimum Gasteiger partial charge on any atom is -0.484 e.